The summed E-state index contributed by atoms with van der Waals surface area (Å²) in [6.45, 7) is 1.98. The van der Waals surface area contributed by atoms with Crippen LogP contribution in [-0.4, -0.2) is 22.8 Å². The SMILES string of the molecule is CO[Si](C)(CCCCc1cccc(C(F)(F)F)c1)OC. The summed E-state index contributed by atoms with van der Waals surface area (Å²) in [5, 5.41) is 0. The molecule has 0 aliphatic heterocycles. The highest BCUT2D eigenvalue weighted by atomic mass is 28.4. The first-order valence-corrected chi connectivity index (χ1v) is 9.09. The van der Waals surface area contributed by atoms with Gasteiger partial charge in [0, 0.05) is 14.2 Å². The minimum atomic E-state index is -4.27. The van der Waals surface area contributed by atoms with Crippen LogP contribution in [0.2, 0.25) is 12.6 Å². The van der Waals surface area contributed by atoms with E-state index in [-0.39, 0.29) is 0 Å². The van der Waals surface area contributed by atoms with Crippen molar-refractivity contribution in [2.45, 2.75) is 38.0 Å². The minimum Gasteiger partial charge on any atom is -0.398 e. The van der Waals surface area contributed by atoms with Gasteiger partial charge in [0.1, 0.15) is 0 Å². The Kier molecular flexibility index (Phi) is 6.23. The molecular weight excluding hydrogens is 285 g/mol. The van der Waals surface area contributed by atoms with Crippen LogP contribution >= 0.6 is 0 Å². The van der Waals surface area contributed by atoms with Crippen LogP contribution in [-0.2, 0) is 21.4 Å². The number of hydrogen-bond acceptors (Lipinski definition) is 2. The van der Waals surface area contributed by atoms with Crippen molar-refractivity contribution < 1.29 is 22.0 Å². The molecule has 0 atom stereocenters. The van der Waals surface area contributed by atoms with Crippen LogP contribution in [0.3, 0.4) is 0 Å². The molecule has 0 saturated carbocycles. The zero-order valence-corrected chi connectivity index (χ0v) is 13.1. The molecule has 0 bridgehead atoms. The van der Waals surface area contributed by atoms with Crippen molar-refractivity contribution in [3.63, 3.8) is 0 Å². The number of hydrogen-bond donors (Lipinski definition) is 0. The topological polar surface area (TPSA) is 18.5 Å². The Balaban J connectivity index is 2.47. The lowest BCUT2D eigenvalue weighted by atomic mass is 10.1. The van der Waals surface area contributed by atoms with E-state index in [1.54, 1.807) is 20.3 Å². The molecule has 0 saturated heterocycles. The van der Waals surface area contributed by atoms with Crippen LogP contribution < -0.4 is 0 Å². The number of rotatable bonds is 7. The van der Waals surface area contributed by atoms with E-state index in [0.29, 0.717) is 6.42 Å². The highest BCUT2D eigenvalue weighted by Crippen LogP contribution is 2.29. The van der Waals surface area contributed by atoms with Crippen molar-refractivity contribution in [2.24, 2.45) is 0 Å². The summed E-state index contributed by atoms with van der Waals surface area (Å²) in [6.07, 6.45) is -1.91. The quantitative estimate of drug-likeness (QED) is 0.549. The van der Waals surface area contributed by atoms with Gasteiger partial charge in [-0.3, -0.25) is 0 Å². The van der Waals surface area contributed by atoms with Gasteiger partial charge in [-0.05, 0) is 37.1 Å². The van der Waals surface area contributed by atoms with E-state index in [0.717, 1.165) is 30.5 Å². The molecule has 0 unspecified atom stereocenters. The average Bonchev–Trinajstić information content (AvgIpc) is 2.43. The lowest BCUT2D eigenvalue weighted by Gasteiger charge is -2.22. The van der Waals surface area contributed by atoms with Crippen molar-refractivity contribution in [1.82, 2.24) is 0 Å². The molecule has 1 rings (SSSR count). The van der Waals surface area contributed by atoms with Gasteiger partial charge in [-0.2, -0.15) is 13.2 Å². The largest absolute Gasteiger partial charge is 0.416 e. The summed E-state index contributed by atoms with van der Waals surface area (Å²) >= 11 is 0. The maximum atomic E-state index is 12.6. The van der Waals surface area contributed by atoms with Gasteiger partial charge in [-0.15, -0.1) is 0 Å². The molecule has 0 amide bonds. The van der Waals surface area contributed by atoms with Gasteiger partial charge in [-0.1, -0.05) is 24.6 Å². The second kappa shape index (κ2) is 7.24. The molecule has 0 N–H and O–H groups in total. The Morgan fingerprint density at radius 2 is 1.75 bits per heavy atom. The zero-order valence-electron chi connectivity index (χ0n) is 12.1. The molecule has 0 aromatic heterocycles. The fourth-order valence-electron chi connectivity index (χ4n) is 1.97. The summed E-state index contributed by atoms with van der Waals surface area (Å²) in [6, 6.07) is 6.37. The van der Waals surface area contributed by atoms with E-state index >= 15 is 0 Å². The molecular formula is C14H21F3O2Si. The summed E-state index contributed by atoms with van der Waals surface area (Å²) in [5.74, 6) is 0. The van der Waals surface area contributed by atoms with Crippen LogP contribution in [0.5, 0.6) is 0 Å². The number of halogens is 3. The van der Waals surface area contributed by atoms with E-state index in [2.05, 4.69) is 0 Å². The van der Waals surface area contributed by atoms with Gasteiger partial charge in [0.25, 0.3) is 0 Å². The molecule has 0 heterocycles. The molecule has 0 spiro atoms. The normalized spacial score (nSPS) is 12.7. The van der Waals surface area contributed by atoms with Crippen molar-refractivity contribution in [3.05, 3.63) is 35.4 Å². The third-order valence-corrected chi connectivity index (χ3v) is 6.45. The molecule has 0 radical (unpaired) electrons. The van der Waals surface area contributed by atoms with Gasteiger partial charge in [0.15, 0.2) is 0 Å². The van der Waals surface area contributed by atoms with E-state index in [4.69, 9.17) is 8.85 Å². The van der Waals surface area contributed by atoms with Crippen molar-refractivity contribution in [3.8, 4) is 0 Å². The second-order valence-electron chi connectivity index (χ2n) is 4.95. The molecule has 0 aliphatic carbocycles. The fourth-order valence-corrected chi connectivity index (χ4v) is 3.43. The molecule has 6 heteroatoms. The van der Waals surface area contributed by atoms with E-state index in [1.165, 1.54) is 12.1 Å². The zero-order chi connectivity index (χ0) is 15.2. The Hall–Kier alpha value is -0.853. The van der Waals surface area contributed by atoms with Gasteiger partial charge >= 0.3 is 14.7 Å². The molecule has 20 heavy (non-hydrogen) atoms. The molecule has 114 valence electrons. The highest BCUT2D eigenvalue weighted by Gasteiger charge is 2.30. The Labute approximate surface area is 119 Å². The smallest absolute Gasteiger partial charge is 0.398 e. The predicted molar refractivity (Wildman–Crippen MR) is 74.8 cm³/mol. The van der Waals surface area contributed by atoms with Crippen LogP contribution in [0.4, 0.5) is 13.2 Å². The fraction of sp³-hybridized carbons (Fsp3) is 0.571. The lowest BCUT2D eigenvalue weighted by Crippen LogP contribution is -2.35. The van der Waals surface area contributed by atoms with Crippen LogP contribution in [0.25, 0.3) is 0 Å². The minimum absolute atomic E-state index is 0.581. The first-order chi connectivity index (χ1) is 9.30. The second-order valence-corrected chi connectivity index (χ2v) is 8.53. The molecule has 1 aromatic rings. The van der Waals surface area contributed by atoms with Gasteiger partial charge < -0.3 is 8.85 Å². The number of benzene rings is 1. The van der Waals surface area contributed by atoms with Gasteiger partial charge in [0.05, 0.1) is 5.56 Å². The van der Waals surface area contributed by atoms with Gasteiger partial charge in [0.2, 0.25) is 0 Å². The lowest BCUT2D eigenvalue weighted by molar-refractivity contribution is -0.137. The van der Waals surface area contributed by atoms with Crippen LogP contribution in [0.1, 0.15) is 24.0 Å². The maximum absolute atomic E-state index is 12.6. The first kappa shape index (κ1) is 17.2. The number of alkyl halides is 3. The van der Waals surface area contributed by atoms with E-state index in [9.17, 15) is 13.2 Å². The van der Waals surface area contributed by atoms with E-state index in [1.807, 2.05) is 6.55 Å². The number of aryl methyl sites for hydroxylation is 1. The van der Waals surface area contributed by atoms with Crippen LogP contribution in [0, 0.1) is 0 Å². The summed E-state index contributed by atoms with van der Waals surface area (Å²) in [5.41, 5.74) is 0.140. The highest BCUT2D eigenvalue weighted by molar-refractivity contribution is 6.65. The molecule has 0 fully saturated rings. The Morgan fingerprint density at radius 3 is 2.30 bits per heavy atom. The van der Waals surface area contributed by atoms with Crippen molar-refractivity contribution >= 4 is 8.56 Å². The molecule has 1 aromatic carbocycles. The molecule has 2 nitrogen and oxygen atoms in total. The molecule has 0 aliphatic rings. The van der Waals surface area contributed by atoms with Gasteiger partial charge in [-0.25, -0.2) is 0 Å². The van der Waals surface area contributed by atoms with E-state index < -0.39 is 20.3 Å². The third-order valence-electron chi connectivity index (χ3n) is 3.46. The average molecular weight is 306 g/mol. The first-order valence-electron chi connectivity index (χ1n) is 6.57. The maximum Gasteiger partial charge on any atom is 0.416 e. The van der Waals surface area contributed by atoms with Crippen molar-refractivity contribution in [2.75, 3.05) is 14.2 Å². The summed E-state index contributed by atoms with van der Waals surface area (Å²) < 4.78 is 48.5. The third kappa shape index (κ3) is 5.26. The predicted octanol–water partition coefficient (Wildman–Crippen LogP) is 4.39. The Morgan fingerprint density at radius 1 is 1.10 bits per heavy atom. The number of unbranched alkanes of at least 4 members (excludes halogenated alkanes) is 1. The summed E-state index contributed by atoms with van der Waals surface area (Å²) in [4.78, 5) is 0. The van der Waals surface area contributed by atoms with Crippen LogP contribution in [0.15, 0.2) is 24.3 Å². The monoisotopic (exact) mass is 306 g/mol. The van der Waals surface area contributed by atoms with Crippen molar-refractivity contribution in [1.29, 1.82) is 0 Å². The summed E-state index contributed by atoms with van der Waals surface area (Å²) in [7, 11) is 1.23. The Bertz CT molecular complexity index is 417. The standard InChI is InChI=1S/C14H21F3O2Si/c1-18-20(3,19-2)10-5-4-7-12-8-6-9-13(11-12)14(15,16)17/h6,8-9,11H,4-5,7,10H2,1-3H3.